The number of aliphatic hydroxyl groups is 1. The van der Waals surface area contributed by atoms with Crippen LogP contribution in [0.3, 0.4) is 0 Å². The van der Waals surface area contributed by atoms with Gasteiger partial charge in [0, 0.05) is 12.3 Å². The molecule has 1 amide bonds. The fraction of sp³-hybridized carbons (Fsp3) is 0.231. The minimum absolute atomic E-state index is 0.115. The molecule has 0 spiro atoms. The molecule has 5 nitrogen and oxygen atoms in total. The number of nitrogens with zero attached hydrogens (tertiary/aromatic N) is 1. The van der Waals surface area contributed by atoms with Gasteiger partial charge in [0.1, 0.15) is 10.9 Å². The van der Waals surface area contributed by atoms with Crippen molar-refractivity contribution in [3.63, 3.8) is 0 Å². The van der Waals surface area contributed by atoms with Crippen molar-refractivity contribution in [3.05, 3.63) is 48.7 Å². The first-order valence-corrected chi connectivity index (χ1v) is 7.85. The summed E-state index contributed by atoms with van der Waals surface area (Å²) in [6, 6.07) is 1.99. The molecule has 2 aromatic heterocycles. The van der Waals surface area contributed by atoms with Crippen molar-refractivity contribution in [2.24, 2.45) is 0 Å². The summed E-state index contributed by atoms with van der Waals surface area (Å²) in [5.74, 6) is -5.65. The number of nitrogens with one attached hydrogen (secondary N) is 1. The predicted octanol–water partition coefficient (Wildman–Crippen LogP) is 3.24. The van der Waals surface area contributed by atoms with Crippen molar-refractivity contribution in [2.45, 2.75) is 12.5 Å². The molecule has 130 valence electrons. The van der Waals surface area contributed by atoms with E-state index in [4.69, 9.17) is 28.3 Å². The number of rotatable bonds is 5. The average molecular weight is 401 g/mol. The summed E-state index contributed by atoms with van der Waals surface area (Å²) in [5.41, 5.74) is -1.52. The molecular formula is C13H9Cl2F3N2O3S. The third kappa shape index (κ3) is 4.29. The minimum atomic E-state index is -3.62. The van der Waals surface area contributed by atoms with E-state index in [1.807, 2.05) is 0 Å². The van der Waals surface area contributed by atoms with Crippen LogP contribution in [0.2, 0.25) is 9.36 Å². The number of aliphatic hydroxyl groups excluding tert-OH is 1. The summed E-state index contributed by atoms with van der Waals surface area (Å²) in [6.07, 6.45) is 0.851. The highest BCUT2D eigenvalue weighted by Gasteiger charge is 2.29. The van der Waals surface area contributed by atoms with Gasteiger partial charge >= 0.3 is 0 Å². The number of pyridine rings is 1. The molecule has 0 radical (unpaired) electrons. The first kappa shape index (κ1) is 18.8. The van der Waals surface area contributed by atoms with E-state index in [1.165, 1.54) is 6.07 Å². The summed E-state index contributed by atoms with van der Waals surface area (Å²) in [5, 5.41) is 11.0. The lowest BCUT2D eigenvalue weighted by Crippen LogP contribution is -2.34. The van der Waals surface area contributed by atoms with Gasteiger partial charge < -0.3 is 15.0 Å². The van der Waals surface area contributed by atoms with Crippen LogP contribution in [0.1, 0.15) is 9.67 Å². The number of hydrogen-bond donors (Lipinski definition) is 2. The summed E-state index contributed by atoms with van der Waals surface area (Å²) in [6.45, 7) is -2.75. The van der Waals surface area contributed by atoms with Gasteiger partial charge in [-0.25, -0.2) is 13.2 Å². The molecule has 0 aliphatic carbocycles. The van der Waals surface area contributed by atoms with E-state index >= 15 is 0 Å². The van der Waals surface area contributed by atoms with Crippen LogP contribution < -0.4 is 10.9 Å². The Bertz CT molecular complexity index is 819. The van der Waals surface area contributed by atoms with Gasteiger partial charge in [0.05, 0.1) is 22.1 Å². The zero-order chi connectivity index (χ0) is 18.1. The molecule has 2 aromatic rings. The van der Waals surface area contributed by atoms with Crippen LogP contribution in [0.15, 0.2) is 23.1 Å². The fourth-order valence-corrected chi connectivity index (χ4v) is 3.00. The van der Waals surface area contributed by atoms with E-state index in [-0.39, 0.29) is 19.9 Å². The molecule has 24 heavy (non-hydrogen) atoms. The van der Waals surface area contributed by atoms with E-state index in [9.17, 15) is 22.8 Å². The highest BCUT2D eigenvalue weighted by molar-refractivity contribution is 7.18. The largest absolute Gasteiger partial charge is 0.390 e. The molecule has 0 unspecified atom stereocenters. The van der Waals surface area contributed by atoms with E-state index in [1.54, 1.807) is 0 Å². The lowest BCUT2D eigenvalue weighted by molar-refractivity contribution is -0.0636. The van der Waals surface area contributed by atoms with Crippen molar-refractivity contribution in [3.8, 4) is 0 Å². The molecule has 0 saturated heterocycles. The number of anilines is 1. The monoisotopic (exact) mass is 400 g/mol. The highest BCUT2D eigenvalue weighted by atomic mass is 35.5. The molecule has 2 heterocycles. The van der Waals surface area contributed by atoms with Crippen LogP contribution in [0.25, 0.3) is 0 Å². The molecule has 2 N–H and O–H groups in total. The van der Waals surface area contributed by atoms with E-state index < -0.39 is 36.4 Å². The SMILES string of the molecule is O=C(Nc1cc(F)c(=O)n(CC(F)(F)CO)c1)c1cc(Cl)c(Cl)s1. The molecule has 2 rings (SSSR count). The Labute approximate surface area is 147 Å². The maximum absolute atomic E-state index is 13.6. The highest BCUT2D eigenvalue weighted by Crippen LogP contribution is 2.32. The fourth-order valence-electron chi connectivity index (χ4n) is 1.74. The van der Waals surface area contributed by atoms with Crippen LogP contribution >= 0.6 is 34.5 Å². The van der Waals surface area contributed by atoms with Gasteiger partial charge in [-0.05, 0) is 6.07 Å². The first-order valence-electron chi connectivity index (χ1n) is 6.28. The quantitative estimate of drug-likeness (QED) is 0.808. The summed E-state index contributed by atoms with van der Waals surface area (Å²) in [7, 11) is 0. The van der Waals surface area contributed by atoms with Gasteiger partial charge in [-0.3, -0.25) is 9.59 Å². The van der Waals surface area contributed by atoms with Crippen LogP contribution in [-0.4, -0.2) is 28.1 Å². The molecule has 0 aromatic carbocycles. The normalized spacial score (nSPS) is 11.6. The third-order valence-electron chi connectivity index (χ3n) is 2.80. The number of carbonyl (C=O) groups is 1. The number of amides is 1. The van der Waals surface area contributed by atoms with Gasteiger partial charge in [0.15, 0.2) is 5.82 Å². The van der Waals surface area contributed by atoms with E-state index in [0.29, 0.717) is 10.6 Å². The Morgan fingerprint density at radius 2 is 2.04 bits per heavy atom. The minimum Gasteiger partial charge on any atom is -0.390 e. The smallest absolute Gasteiger partial charge is 0.288 e. The molecule has 0 fully saturated rings. The lowest BCUT2D eigenvalue weighted by Gasteiger charge is -2.16. The van der Waals surface area contributed by atoms with Gasteiger partial charge in [-0.2, -0.15) is 0 Å². The molecule has 0 aliphatic heterocycles. The van der Waals surface area contributed by atoms with Crippen molar-refractivity contribution < 1.29 is 23.1 Å². The molecule has 0 bridgehead atoms. The van der Waals surface area contributed by atoms with Crippen molar-refractivity contribution in [2.75, 3.05) is 11.9 Å². The predicted molar refractivity (Wildman–Crippen MR) is 85.0 cm³/mol. The summed E-state index contributed by atoms with van der Waals surface area (Å²) >= 11 is 12.3. The maximum Gasteiger partial charge on any atom is 0.288 e. The summed E-state index contributed by atoms with van der Waals surface area (Å²) in [4.78, 5) is 23.7. The Hall–Kier alpha value is -1.55. The Balaban J connectivity index is 2.29. The van der Waals surface area contributed by atoms with Crippen molar-refractivity contribution in [1.82, 2.24) is 4.57 Å². The average Bonchev–Trinajstić information content (AvgIpc) is 2.84. The molecule has 0 aliphatic rings. The molecular weight excluding hydrogens is 392 g/mol. The summed E-state index contributed by atoms with van der Waals surface area (Å²) < 4.78 is 40.6. The van der Waals surface area contributed by atoms with Crippen LogP contribution in [0.5, 0.6) is 0 Å². The second kappa shape index (κ2) is 7.14. The molecule has 0 saturated carbocycles. The van der Waals surface area contributed by atoms with Gasteiger partial charge in [-0.1, -0.05) is 23.2 Å². The second-order valence-electron chi connectivity index (χ2n) is 4.71. The number of carbonyl (C=O) groups excluding carboxylic acids is 1. The van der Waals surface area contributed by atoms with E-state index in [0.717, 1.165) is 17.5 Å². The Kier molecular flexibility index (Phi) is 5.59. The first-order chi connectivity index (χ1) is 11.1. The Morgan fingerprint density at radius 1 is 1.38 bits per heavy atom. The van der Waals surface area contributed by atoms with Gasteiger partial charge in [0.2, 0.25) is 0 Å². The van der Waals surface area contributed by atoms with Gasteiger partial charge in [0.25, 0.3) is 17.4 Å². The van der Waals surface area contributed by atoms with Crippen molar-refractivity contribution in [1.29, 1.82) is 0 Å². The second-order valence-corrected chi connectivity index (χ2v) is 6.77. The van der Waals surface area contributed by atoms with Gasteiger partial charge in [-0.15, -0.1) is 11.3 Å². The molecule has 0 atom stereocenters. The maximum atomic E-state index is 13.6. The lowest BCUT2D eigenvalue weighted by atomic mass is 10.3. The van der Waals surface area contributed by atoms with Crippen LogP contribution in [0, 0.1) is 5.82 Å². The number of aromatic nitrogens is 1. The molecule has 11 heteroatoms. The van der Waals surface area contributed by atoms with Crippen LogP contribution in [0.4, 0.5) is 18.9 Å². The van der Waals surface area contributed by atoms with Crippen LogP contribution in [-0.2, 0) is 6.54 Å². The zero-order valence-corrected chi connectivity index (χ0v) is 14.0. The Morgan fingerprint density at radius 3 is 2.58 bits per heavy atom. The number of thiophene rings is 1. The van der Waals surface area contributed by atoms with E-state index in [2.05, 4.69) is 5.32 Å². The standard InChI is InChI=1S/C13H9Cl2F3N2O3S/c14-7-2-9(24-10(7)15)11(22)19-6-1-8(16)12(23)20(3-6)4-13(17,18)5-21/h1-3,21H,4-5H2,(H,19,22). The number of halogens is 5. The third-order valence-corrected chi connectivity index (χ3v) is 4.67. The number of hydrogen-bond acceptors (Lipinski definition) is 4. The zero-order valence-electron chi connectivity index (χ0n) is 11.7. The number of alkyl halides is 2. The topological polar surface area (TPSA) is 71.3 Å². The van der Waals surface area contributed by atoms with Crippen molar-refractivity contribution >= 4 is 46.1 Å².